The van der Waals surface area contributed by atoms with Crippen molar-refractivity contribution >= 4 is 28.8 Å². The predicted octanol–water partition coefficient (Wildman–Crippen LogP) is 0.266. The van der Waals surface area contributed by atoms with Crippen LogP contribution in [0.2, 0.25) is 0 Å². The molecule has 2 aromatic rings. The number of benzene rings is 1. The Kier molecular flexibility index (Phi) is 5.41. The van der Waals surface area contributed by atoms with Crippen LogP contribution in [-0.2, 0) is 14.3 Å². The van der Waals surface area contributed by atoms with Crippen LogP contribution in [0.4, 0.5) is 0 Å². The fraction of sp³-hybridized carbons (Fsp3) is 0.312. The first-order valence-corrected chi connectivity index (χ1v) is 7.30. The summed E-state index contributed by atoms with van der Waals surface area (Å²) in [5.74, 6) is -1.54. The second kappa shape index (κ2) is 7.49. The Morgan fingerprint density at radius 3 is 2.38 bits per heavy atom. The van der Waals surface area contributed by atoms with E-state index < -0.39 is 18.5 Å². The van der Waals surface area contributed by atoms with Crippen molar-refractivity contribution < 1.29 is 19.1 Å². The van der Waals surface area contributed by atoms with E-state index in [9.17, 15) is 14.4 Å². The number of nitrogens with one attached hydrogen (secondary N) is 2. The van der Waals surface area contributed by atoms with Gasteiger partial charge in [-0.15, -0.1) is 0 Å². The Labute approximate surface area is 138 Å². The standard InChI is InChI=1S/C16H18N4O4/c1-9-10(2)20-13-6-11(4-5-12(13)19-9)16(23)24-8-15(22)18-7-14(21)17-3/h4-6H,7-8H2,1-3H3,(H,17,21)(H,18,22). The van der Waals surface area contributed by atoms with E-state index >= 15 is 0 Å². The molecule has 24 heavy (non-hydrogen) atoms. The van der Waals surface area contributed by atoms with Crippen LogP contribution in [0.25, 0.3) is 11.0 Å². The minimum atomic E-state index is -0.646. The van der Waals surface area contributed by atoms with Crippen molar-refractivity contribution in [1.29, 1.82) is 0 Å². The van der Waals surface area contributed by atoms with Crippen LogP contribution >= 0.6 is 0 Å². The first-order chi connectivity index (χ1) is 11.4. The average Bonchev–Trinajstić information content (AvgIpc) is 2.58. The number of amides is 2. The van der Waals surface area contributed by atoms with Crippen molar-refractivity contribution in [2.24, 2.45) is 0 Å². The maximum atomic E-state index is 12.0. The van der Waals surface area contributed by atoms with Gasteiger partial charge < -0.3 is 15.4 Å². The second-order valence-corrected chi connectivity index (χ2v) is 5.12. The molecule has 0 bridgehead atoms. The van der Waals surface area contributed by atoms with Gasteiger partial charge in [0.25, 0.3) is 5.91 Å². The molecule has 0 saturated carbocycles. The summed E-state index contributed by atoms with van der Waals surface area (Å²) in [7, 11) is 1.46. The molecule has 8 nitrogen and oxygen atoms in total. The number of rotatable bonds is 5. The number of esters is 1. The van der Waals surface area contributed by atoms with E-state index in [1.165, 1.54) is 7.05 Å². The molecule has 0 atom stereocenters. The summed E-state index contributed by atoms with van der Waals surface area (Å²) in [6.07, 6.45) is 0. The number of ether oxygens (including phenoxy) is 1. The third-order valence-corrected chi connectivity index (χ3v) is 3.37. The predicted molar refractivity (Wildman–Crippen MR) is 86.4 cm³/mol. The van der Waals surface area contributed by atoms with Gasteiger partial charge in [-0.1, -0.05) is 0 Å². The highest BCUT2D eigenvalue weighted by Crippen LogP contribution is 2.15. The molecule has 0 spiro atoms. The molecular weight excluding hydrogens is 312 g/mol. The van der Waals surface area contributed by atoms with Crippen molar-refractivity contribution in [1.82, 2.24) is 20.6 Å². The second-order valence-electron chi connectivity index (χ2n) is 5.12. The van der Waals surface area contributed by atoms with E-state index in [2.05, 4.69) is 20.6 Å². The summed E-state index contributed by atoms with van der Waals surface area (Å²) in [6, 6.07) is 4.81. The molecule has 0 saturated heterocycles. The largest absolute Gasteiger partial charge is 0.452 e. The summed E-state index contributed by atoms with van der Waals surface area (Å²) < 4.78 is 4.93. The summed E-state index contributed by atoms with van der Waals surface area (Å²) >= 11 is 0. The first-order valence-electron chi connectivity index (χ1n) is 7.30. The molecule has 2 N–H and O–H groups in total. The lowest BCUT2D eigenvalue weighted by Gasteiger charge is -2.07. The monoisotopic (exact) mass is 330 g/mol. The molecule has 8 heteroatoms. The maximum absolute atomic E-state index is 12.0. The number of aryl methyl sites for hydroxylation is 2. The third-order valence-electron chi connectivity index (χ3n) is 3.37. The van der Waals surface area contributed by atoms with E-state index in [-0.39, 0.29) is 18.0 Å². The lowest BCUT2D eigenvalue weighted by atomic mass is 10.2. The van der Waals surface area contributed by atoms with Crippen molar-refractivity contribution in [2.45, 2.75) is 13.8 Å². The van der Waals surface area contributed by atoms with Gasteiger partial charge in [0.15, 0.2) is 6.61 Å². The Morgan fingerprint density at radius 2 is 1.71 bits per heavy atom. The van der Waals surface area contributed by atoms with Crippen molar-refractivity contribution in [3.05, 3.63) is 35.2 Å². The van der Waals surface area contributed by atoms with Gasteiger partial charge in [-0.3, -0.25) is 9.59 Å². The van der Waals surface area contributed by atoms with Crippen LogP contribution in [0, 0.1) is 13.8 Å². The van der Waals surface area contributed by atoms with Gasteiger partial charge in [-0.2, -0.15) is 0 Å². The minimum absolute atomic E-state index is 0.170. The van der Waals surface area contributed by atoms with Crippen molar-refractivity contribution in [3.63, 3.8) is 0 Å². The normalized spacial score (nSPS) is 10.3. The molecule has 2 amide bonds. The Hall–Kier alpha value is -3.03. The number of carbonyl (C=O) groups is 3. The highest BCUT2D eigenvalue weighted by Gasteiger charge is 2.12. The maximum Gasteiger partial charge on any atom is 0.338 e. The molecule has 0 fully saturated rings. The van der Waals surface area contributed by atoms with E-state index in [0.717, 1.165) is 11.4 Å². The number of hydrogen-bond donors (Lipinski definition) is 2. The lowest BCUT2D eigenvalue weighted by molar-refractivity contribution is -0.127. The number of fused-ring (bicyclic) bond motifs is 1. The summed E-state index contributed by atoms with van der Waals surface area (Å²) in [5.41, 5.74) is 3.14. The lowest BCUT2D eigenvalue weighted by Crippen LogP contribution is -2.37. The van der Waals surface area contributed by atoms with Gasteiger partial charge >= 0.3 is 5.97 Å². The first kappa shape index (κ1) is 17.3. The molecule has 0 aliphatic rings. The van der Waals surface area contributed by atoms with Gasteiger partial charge in [0.05, 0.1) is 34.5 Å². The number of aromatic nitrogens is 2. The topological polar surface area (TPSA) is 110 Å². The fourth-order valence-electron chi connectivity index (χ4n) is 1.89. The van der Waals surface area contributed by atoms with Gasteiger partial charge in [0, 0.05) is 7.05 Å². The molecule has 2 rings (SSSR count). The minimum Gasteiger partial charge on any atom is -0.452 e. The van der Waals surface area contributed by atoms with E-state index in [1.807, 2.05) is 13.8 Å². The highest BCUT2D eigenvalue weighted by atomic mass is 16.5. The van der Waals surface area contributed by atoms with Gasteiger partial charge in [-0.05, 0) is 32.0 Å². The molecule has 1 heterocycles. The van der Waals surface area contributed by atoms with E-state index in [0.29, 0.717) is 11.0 Å². The number of likely N-dealkylation sites (N-methyl/N-ethyl adjacent to an activating group) is 1. The van der Waals surface area contributed by atoms with Gasteiger partial charge in [-0.25, -0.2) is 14.8 Å². The Morgan fingerprint density at radius 1 is 1.04 bits per heavy atom. The molecular formula is C16H18N4O4. The summed E-state index contributed by atoms with van der Waals surface area (Å²) in [5, 5.41) is 4.70. The zero-order chi connectivity index (χ0) is 17.7. The molecule has 1 aromatic carbocycles. The number of carbonyl (C=O) groups excluding carboxylic acids is 3. The Balaban J connectivity index is 1.99. The van der Waals surface area contributed by atoms with Crippen LogP contribution < -0.4 is 10.6 Å². The van der Waals surface area contributed by atoms with Crippen LogP contribution in [0.1, 0.15) is 21.7 Å². The zero-order valence-electron chi connectivity index (χ0n) is 13.7. The smallest absolute Gasteiger partial charge is 0.338 e. The summed E-state index contributed by atoms with van der Waals surface area (Å²) in [4.78, 5) is 43.3. The Bertz CT molecular complexity index is 804. The van der Waals surface area contributed by atoms with Crippen LogP contribution in [0.3, 0.4) is 0 Å². The third kappa shape index (κ3) is 4.25. The van der Waals surface area contributed by atoms with Crippen LogP contribution in [0.15, 0.2) is 18.2 Å². The van der Waals surface area contributed by atoms with E-state index in [4.69, 9.17) is 4.74 Å². The van der Waals surface area contributed by atoms with Crippen LogP contribution in [0.5, 0.6) is 0 Å². The molecule has 0 radical (unpaired) electrons. The molecule has 1 aromatic heterocycles. The average molecular weight is 330 g/mol. The van der Waals surface area contributed by atoms with Crippen LogP contribution in [-0.4, -0.2) is 48.0 Å². The van der Waals surface area contributed by atoms with Gasteiger partial charge in [0.2, 0.25) is 5.91 Å². The molecule has 0 aliphatic heterocycles. The van der Waals surface area contributed by atoms with E-state index in [1.54, 1.807) is 18.2 Å². The molecule has 126 valence electrons. The number of hydrogen-bond acceptors (Lipinski definition) is 6. The summed E-state index contributed by atoms with van der Waals surface area (Å²) in [6.45, 7) is 3.06. The van der Waals surface area contributed by atoms with Crippen molar-refractivity contribution in [2.75, 3.05) is 20.2 Å². The molecule has 0 aliphatic carbocycles. The number of nitrogens with zero attached hydrogens (tertiary/aromatic N) is 2. The fourth-order valence-corrected chi connectivity index (χ4v) is 1.89. The quantitative estimate of drug-likeness (QED) is 0.761. The van der Waals surface area contributed by atoms with Gasteiger partial charge in [0.1, 0.15) is 0 Å². The zero-order valence-corrected chi connectivity index (χ0v) is 13.7. The highest BCUT2D eigenvalue weighted by molar-refractivity contribution is 5.95. The van der Waals surface area contributed by atoms with Crippen molar-refractivity contribution in [3.8, 4) is 0 Å². The molecule has 0 unspecified atom stereocenters. The SMILES string of the molecule is CNC(=O)CNC(=O)COC(=O)c1ccc2nc(C)c(C)nc2c1.